The lowest BCUT2D eigenvalue weighted by molar-refractivity contribution is 0.666. The van der Waals surface area contributed by atoms with Gasteiger partial charge in [-0.15, -0.1) is 0 Å². The molecule has 0 unspecified atom stereocenters. The van der Waals surface area contributed by atoms with Crippen LogP contribution in [0.1, 0.15) is 17.7 Å². The second-order valence-electron chi connectivity index (χ2n) is 12.0. The monoisotopic (exact) mass is 576 g/mol. The zero-order valence-electron chi connectivity index (χ0n) is 24.6. The zero-order valence-corrected chi connectivity index (χ0v) is 24.6. The summed E-state index contributed by atoms with van der Waals surface area (Å²) in [5.41, 5.74) is 12.8. The maximum absolute atomic E-state index is 6.57. The Morgan fingerprint density at radius 2 is 1.27 bits per heavy atom. The number of fused-ring (bicyclic) bond motifs is 9. The van der Waals surface area contributed by atoms with Crippen LogP contribution < -0.4 is 0 Å². The van der Waals surface area contributed by atoms with E-state index in [0.717, 1.165) is 40.5 Å². The van der Waals surface area contributed by atoms with Crippen molar-refractivity contribution in [1.29, 1.82) is 0 Å². The fourth-order valence-corrected chi connectivity index (χ4v) is 7.60. The van der Waals surface area contributed by atoms with E-state index in [1.165, 1.54) is 60.8 Å². The normalized spacial score (nSPS) is 13.1. The van der Waals surface area contributed by atoms with Gasteiger partial charge in [-0.05, 0) is 66.4 Å². The standard InChI is InChI=1S/C42H28N2O/c1-2-12-27(13-3-1)28-14-10-15-29(24-28)43-36-20-7-4-16-30(36)34-25-35-31-17-5-8-21-37(31)44(40(35)26-39(34)43)38-22-11-19-33-32-18-6-9-23-41(32)45-42(33)38/h1-6,8-19,21-26H,7,20H2. The van der Waals surface area contributed by atoms with Crippen LogP contribution in [0.2, 0.25) is 0 Å². The summed E-state index contributed by atoms with van der Waals surface area (Å²) in [5.74, 6) is 0. The summed E-state index contributed by atoms with van der Waals surface area (Å²) in [7, 11) is 0. The Kier molecular flexibility index (Phi) is 5.11. The molecule has 10 rings (SSSR count). The van der Waals surface area contributed by atoms with Gasteiger partial charge in [0.1, 0.15) is 5.58 Å². The maximum Gasteiger partial charge on any atom is 0.159 e. The van der Waals surface area contributed by atoms with E-state index in [1.54, 1.807) is 0 Å². The molecule has 1 aliphatic carbocycles. The highest BCUT2D eigenvalue weighted by atomic mass is 16.3. The van der Waals surface area contributed by atoms with E-state index in [2.05, 4.69) is 149 Å². The number of allylic oxidation sites excluding steroid dienone is 1. The Morgan fingerprint density at radius 3 is 2.20 bits per heavy atom. The SMILES string of the molecule is C1=Cc2c(n(-c3cccc(-c4ccccc4)c3)c3cc4c(cc23)c2ccccc2n4-c2cccc3c2oc2ccccc23)CC1. The third-order valence-corrected chi connectivity index (χ3v) is 9.57. The van der Waals surface area contributed by atoms with E-state index >= 15 is 0 Å². The van der Waals surface area contributed by atoms with E-state index in [-0.39, 0.29) is 0 Å². The average molecular weight is 577 g/mol. The van der Waals surface area contributed by atoms with Gasteiger partial charge in [0, 0.05) is 43.9 Å². The van der Waals surface area contributed by atoms with Gasteiger partial charge in [-0.1, -0.05) is 103 Å². The lowest BCUT2D eigenvalue weighted by Crippen LogP contribution is -2.03. The van der Waals surface area contributed by atoms with Gasteiger partial charge < -0.3 is 13.6 Å². The number of aromatic nitrogens is 2. The summed E-state index contributed by atoms with van der Waals surface area (Å²) in [6.45, 7) is 0. The van der Waals surface area contributed by atoms with Crippen LogP contribution in [0, 0.1) is 0 Å². The fourth-order valence-electron chi connectivity index (χ4n) is 7.60. The van der Waals surface area contributed by atoms with Crippen molar-refractivity contribution in [2.45, 2.75) is 12.8 Å². The molecule has 0 atom stereocenters. The largest absolute Gasteiger partial charge is 0.454 e. The van der Waals surface area contributed by atoms with Crippen LogP contribution in [0.3, 0.4) is 0 Å². The predicted molar refractivity (Wildman–Crippen MR) is 188 cm³/mol. The van der Waals surface area contributed by atoms with Crippen molar-refractivity contribution in [2.75, 3.05) is 0 Å². The minimum Gasteiger partial charge on any atom is -0.454 e. The Hall–Kier alpha value is -5.80. The molecule has 212 valence electrons. The van der Waals surface area contributed by atoms with E-state index in [9.17, 15) is 0 Å². The van der Waals surface area contributed by atoms with Crippen molar-refractivity contribution >= 4 is 60.7 Å². The molecule has 0 spiro atoms. The Labute approximate surface area is 259 Å². The second kappa shape index (κ2) is 9.35. The highest BCUT2D eigenvalue weighted by Gasteiger charge is 2.23. The van der Waals surface area contributed by atoms with Crippen molar-refractivity contribution in [3.63, 3.8) is 0 Å². The number of furan rings is 1. The van der Waals surface area contributed by atoms with Gasteiger partial charge in [0.25, 0.3) is 0 Å². The van der Waals surface area contributed by atoms with Crippen molar-refractivity contribution in [3.05, 3.63) is 151 Å². The van der Waals surface area contributed by atoms with Crippen LogP contribution in [-0.4, -0.2) is 9.13 Å². The molecule has 0 aliphatic heterocycles. The van der Waals surface area contributed by atoms with Gasteiger partial charge in [-0.2, -0.15) is 0 Å². The average Bonchev–Trinajstić information content (AvgIpc) is 3.75. The van der Waals surface area contributed by atoms with E-state index in [4.69, 9.17) is 4.42 Å². The molecule has 3 heterocycles. The number of hydrogen-bond acceptors (Lipinski definition) is 1. The molecule has 0 amide bonds. The summed E-state index contributed by atoms with van der Waals surface area (Å²) in [5, 5.41) is 6.07. The van der Waals surface area contributed by atoms with Crippen molar-refractivity contribution < 1.29 is 4.42 Å². The first-order chi connectivity index (χ1) is 22.3. The van der Waals surface area contributed by atoms with Crippen LogP contribution in [0.5, 0.6) is 0 Å². The summed E-state index contributed by atoms with van der Waals surface area (Å²) in [4.78, 5) is 0. The van der Waals surface area contributed by atoms with Gasteiger partial charge in [-0.3, -0.25) is 0 Å². The first-order valence-electron chi connectivity index (χ1n) is 15.7. The molecule has 0 bridgehead atoms. The second-order valence-corrected chi connectivity index (χ2v) is 12.0. The molecule has 3 nitrogen and oxygen atoms in total. The first kappa shape index (κ1) is 24.6. The smallest absolute Gasteiger partial charge is 0.159 e. The van der Waals surface area contributed by atoms with Crippen molar-refractivity contribution in [2.24, 2.45) is 0 Å². The maximum atomic E-state index is 6.57. The lowest BCUT2D eigenvalue weighted by Gasteiger charge is -2.15. The van der Waals surface area contributed by atoms with Crippen LogP contribution in [0.4, 0.5) is 0 Å². The Balaban J connectivity index is 1.31. The third-order valence-electron chi connectivity index (χ3n) is 9.57. The molecular formula is C42H28N2O. The fraction of sp³-hybridized carbons (Fsp3) is 0.0476. The van der Waals surface area contributed by atoms with Crippen LogP contribution in [0.15, 0.2) is 144 Å². The lowest BCUT2D eigenvalue weighted by atomic mass is 10.0. The molecule has 0 fully saturated rings. The van der Waals surface area contributed by atoms with Gasteiger partial charge in [0.15, 0.2) is 5.58 Å². The van der Waals surface area contributed by atoms with Gasteiger partial charge in [0.05, 0.1) is 22.2 Å². The molecule has 6 aromatic carbocycles. The number of hydrogen-bond donors (Lipinski definition) is 0. The molecule has 0 N–H and O–H groups in total. The van der Waals surface area contributed by atoms with Gasteiger partial charge in [0.2, 0.25) is 0 Å². The first-order valence-corrected chi connectivity index (χ1v) is 15.7. The van der Waals surface area contributed by atoms with Crippen LogP contribution in [-0.2, 0) is 6.42 Å². The molecular weight excluding hydrogens is 548 g/mol. The highest BCUT2D eigenvalue weighted by Crippen LogP contribution is 2.42. The minimum atomic E-state index is 0.912. The molecule has 9 aromatic rings. The summed E-state index contributed by atoms with van der Waals surface area (Å²) >= 11 is 0. The number of nitrogens with zero attached hydrogens (tertiary/aromatic N) is 2. The van der Waals surface area contributed by atoms with E-state index < -0.39 is 0 Å². The highest BCUT2D eigenvalue weighted by molar-refractivity contribution is 6.16. The molecule has 45 heavy (non-hydrogen) atoms. The number of benzene rings is 6. The summed E-state index contributed by atoms with van der Waals surface area (Å²) in [6, 6.07) is 48.1. The summed E-state index contributed by atoms with van der Waals surface area (Å²) < 4.78 is 11.5. The zero-order chi connectivity index (χ0) is 29.5. The topological polar surface area (TPSA) is 23.0 Å². The third kappa shape index (κ3) is 3.52. The number of rotatable bonds is 3. The van der Waals surface area contributed by atoms with Crippen molar-refractivity contribution in [3.8, 4) is 22.5 Å². The van der Waals surface area contributed by atoms with Gasteiger partial charge in [-0.25, -0.2) is 0 Å². The Morgan fingerprint density at radius 1 is 0.511 bits per heavy atom. The van der Waals surface area contributed by atoms with Crippen LogP contribution in [0.25, 0.3) is 83.2 Å². The van der Waals surface area contributed by atoms with Crippen molar-refractivity contribution in [1.82, 2.24) is 9.13 Å². The molecule has 0 saturated heterocycles. The predicted octanol–water partition coefficient (Wildman–Crippen LogP) is 11.3. The van der Waals surface area contributed by atoms with E-state index in [0.29, 0.717) is 0 Å². The minimum absolute atomic E-state index is 0.912. The van der Waals surface area contributed by atoms with E-state index in [1.807, 2.05) is 6.07 Å². The summed E-state index contributed by atoms with van der Waals surface area (Å²) in [6.07, 6.45) is 6.71. The molecule has 0 saturated carbocycles. The molecule has 3 heteroatoms. The number of para-hydroxylation sites is 3. The molecule has 0 radical (unpaired) electrons. The molecule has 3 aromatic heterocycles. The van der Waals surface area contributed by atoms with Crippen LogP contribution >= 0.6 is 0 Å². The van der Waals surface area contributed by atoms with Gasteiger partial charge >= 0.3 is 0 Å². The molecule has 1 aliphatic rings. The quantitative estimate of drug-likeness (QED) is 0.205. The Bertz CT molecular complexity index is 2650.